The van der Waals surface area contributed by atoms with Crippen molar-refractivity contribution in [1.82, 2.24) is 9.78 Å². The van der Waals surface area contributed by atoms with Crippen LogP contribution in [-0.4, -0.2) is 9.78 Å². The molecule has 0 unspecified atom stereocenters. The number of hydrogen-bond acceptors (Lipinski definition) is 2. The number of aromatic amines is 1. The standard InChI is InChI=1S/C15H13N3O/c16-14-13(11-7-3-1-4-8-11)15(19)17-18(14)12-9-5-2-6-10-12/h1-10H,16H2,(H,17,19). The van der Waals surface area contributed by atoms with Gasteiger partial charge in [-0.15, -0.1) is 0 Å². The summed E-state index contributed by atoms with van der Waals surface area (Å²) in [6, 6.07) is 18.9. The Labute approximate surface area is 110 Å². The molecule has 3 rings (SSSR count). The molecule has 0 saturated carbocycles. The second-order valence-electron chi connectivity index (χ2n) is 4.24. The van der Waals surface area contributed by atoms with Crippen LogP contribution in [0, 0.1) is 0 Å². The van der Waals surface area contributed by atoms with Gasteiger partial charge in [-0.05, 0) is 17.7 Å². The molecule has 94 valence electrons. The zero-order valence-corrected chi connectivity index (χ0v) is 10.2. The first-order chi connectivity index (χ1) is 9.27. The summed E-state index contributed by atoms with van der Waals surface area (Å²) in [7, 11) is 0. The molecule has 0 bridgehead atoms. The molecule has 0 saturated heterocycles. The van der Waals surface area contributed by atoms with Gasteiger partial charge in [0.25, 0.3) is 5.56 Å². The molecule has 0 aliphatic rings. The van der Waals surface area contributed by atoms with Crippen LogP contribution >= 0.6 is 0 Å². The van der Waals surface area contributed by atoms with E-state index in [2.05, 4.69) is 5.10 Å². The number of aromatic nitrogens is 2. The molecule has 19 heavy (non-hydrogen) atoms. The molecule has 0 radical (unpaired) electrons. The van der Waals surface area contributed by atoms with E-state index < -0.39 is 0 Å². The van der Waals surface area contributed by atoms with Gasteiger partial charge in [0.05, 0.1) is 11.3 Å². The van der Waals surface area contributed by atoms with E-state index in [1.54, 1.807) is 4.68 Å². The van der Waals surface area contributed by atoms with Crippen LogP contribution in [0.25, 0.3) is 16.8 Å². The highest BCUT2D eigenvalue weighted by Crippen LogP contribution is 2.23. The van der Waals surface area contributed by atoms with E-state index in [9.17, 15) is 4.79 Å². The summed E-state index contributed by atoms with van der Waals surface area (Å²) in [5.41, 5.74) is 8.06. The van der Waals surface area contributed by atoms with Crippen LogP contribution in [0.5, 0.6) is 0 Å². The Morgan fingerprint density at radius 1 is 0.895 bits per heavy atom. The first-order valence-corrected chi connectivity index (χ1v) is 5.98. The van der Waals surface area contributed by atoms with Crippen LogP contribution in [0.3, 0.4) is 0 Å². The van der Waals surface area contributed by atoms with Gasteiger partial charge in [-0.3, -0.25) is 9.89 Å². The number of anilines is 1. The minimum absolute atomic E-state index is 0.187. The lowest BCUT2D eigenvalue weighted by atomic mass is 10.1. The summed E-state index contributed by atoms with van der Waals surface area (Å²) < 4.78 is 1.60. The topological polar surface area (TPSA) is 63.8 Å². The van der Waals surface area contributed by atoms with Crippen LogP contribution in [0.2, 0.25) is 0 Å². The molecule has 0 aliphatic heterocycles. The molecule has 0 aliphatic carbocycles. The molecule has 2 aromatic carbocycles. The quantitative estimate of drug-likeness (QED) is 0.734. The monoisotopic (exact) mass is 251 g/mol. The average molecular weight is 251 g/mol. The van der Waals surface area contributed by atoms with Crippen LogP contribution in [-0.2, 0) is 0 Å². The second-order valence-corrected chi connectivity index (χ2v) is 4.24. The predicted molar refractivity (Wildman–Crippen MR) is 76.2 cm³/mol. The van der Waals surface area contributed by atoms with Gasteiger partial charge >= 0.3 is 0 Å². The normalized spacial score (nSPS) is 10.5. The lowest BCUT2D eigenvalue weighted by Crippen LogP contribution is -2.05. The minimum atomic E-state index is -0.187. The van der Waals surface area contributed by atoms with Crippen LogP contribution < -0.4 is 11.3 Å². The molecular formula is C15H13N3O. The molecule has 0 amide bonds. The third-order valence-electron chi connectivity index (χ3n) is 3.01. The van der Waals surface area contributed by atoms with E-state index >= 15 is 0 Å². The Hall–Kier alpha value is -2.75. The third kappa shape index (κ3) is 1.93. The summed E-state index contributed by atoms with van der Waals surface area (Å²) in [5.74, 6) is 0.419. The SMILES string of the molecule is Nc1c(-c2ccccc2)c(=O)[nH]n1-c1ccccc1. The van der Waals surface area contributed by atoms with E-state index in [-0.39, 0.29) is 5.56 Å². The van der Waals surface area contributed by atoms with Crippen molar-refractivity contribution in [3.8, 4) is 16.8 Å². The van der Waals surface area contributed by atoms with E-state index in [1.807, 2.05) is 60.7 Å². The Morgan fingerprint density at radius 2 is 1.47 bits per heavy atom. The largest absolute Gasteiger partial charge is 0.383 e. The fraction of sp³-hybridized carbons (Fsp3) is 0. The first-order valence-electron chi connectivity index (χ1n) is 5.98. The molecule has 3 N–H and O–H groups in total. The molecule has 4 heteroatoms. The summed E-state index contributed by atoms with van der Waals surface area (Å²) in [6.07, 6.45) is 0. The molecule has 1 heterocycles. The Kier molecular flexibility index (Phi) is 2.68. The Morgan fingerprint density at radius 3 is 2.11 bits per heavy atom. The summed E-state index contributed by atoms with van der Waals surface area (Å²) in [5, 5.41) is 2.76. The van der Waals surface area contributed by atoms with Gasteiger partial charge in [-0.2, -0.15) is 0 Å². The fourth-order valence-electron chi connectivity index (χ4n) is 2.11. The van der Waals surface area contributed by atoms with Crippen molar-refractivity contribution < 1.29 is 0 Å². The van der Waals surface area contributed by atoms with Crippen molar-refractivity contribution >= 4 is 5.82 Å². The molecule has 3 aromatic rings. The summed E-state index contributed by atoms with van der Waals surface area (Å²) >= 11 is 0. The lowest BCUT2D eigenvalue weighted by molar-refractivity contribution is 0.874. The summed E-state index contributed by atoms with van der Waals surface area (Å²) in [4.78, 5) is 12.1. The zero-order valence-electron chi connectivity index (χ0n) is 10.2. The molecule has 0 atom stereocenters. The highest BCUT2D eigenvalue weighted by atomic mass is 16.1. The molecule has 1 aromatic heterocycles. The van der Waals surface area contributed by atoms with Gasteiger partial charge in [0.1, 0.15) is 5.82 Å². The van der Waals surface area contributed by atoms with Crippen molar-refractivity contribution in [2.45, 2.75) is 0 Å². The van der Waals surface area contributed by atoms with E-state index in [0.717, 1.165) is 11.3 Å². The summed E-state index contributed by atoms with van der Waals surface area (Å²) in [6.45, 7) is 0. The van der Waals surface area contributed by atoms with Crippen LogP contribution in [0.4, 0.5) is 5.82 Å². The number of rotatable bonds is 2. The van der Waals surface area contributed by atoms with Gasteiger partial charge in [-0.1, -0.05) is 48.5 Å². The van der Waals surface area contributed by atoms with Crippen molar-refractivity contribution in [2.24, 2.45) is 0 Å². The maximum Gasteiger partial charge on any atom is 0.274 e. The van der Waals surface area contributed by atoms with Crippen molar-refractivity contribution in [1.29, 1.82) is 0 Å². The predicted octanol–water partition coefficient (Wildman–Crippen LogP) is 2.41. The van der Waals surface area contributed by atoms with Crippen molar-refractivity contribution in [2.75, 3.05) is 5.73 Å². The maximum atomic E-state index is 12.1. The average Bonchev–Trinajstić information content (AvgIpc) is 2.76. The minimum Gasteiger partial charge on any atom is -0.383 e. The lowest BCUT2D eigenvalue weighted by Gasteiger charge is -2.05. The second kappa shape index (κ2) is 4.49. The van der Waals surface area contributed by atoms with Crippen molar-refractivity contribution in [3.05, 3.63) is 71.0 Å². The van der Waals surface area contributed by atoms with Crippen molar-refractivity contribution in [3.63, 3.8) is 0 Å². The number of para-hydroxylation sites is 1. The highest BCUT2D eigenvalue weighted by molar-refractivity contribution is 5.74. The highest BCUT2D eigenvalue weighted by Gasteiger charge is 2.14. The number of H-pyrrole nitrogens is 1. The fourth-order valence-corrected chi connectivity index (χ4v) is 2.11. The van der Waals surface area contributed by atoms with Crippen LogP contribution in [0.1, 0.15) is 0 Å². The van der Waals surface area contributed by atoms with Gasteiger partial charge in [0, 0.05) is 0 Å². The third-order valence-corrected chi connectivity index (χ3v) is 3.01. The molecular weight excluding hydrogens is 238 g/mol. The first kappa shape index (κ1) is 11.3. The number of hydrogen-bond donors (Lipinski definition) is 2. The number of nitrogens with one attached hydrogen (secondary N) is 1. The number of nitrogens with zero attached hydrogens (tertiary/aromatic N) is 1. The van der Waals surface area contributed by atoms with Crippen LogP contribution in [0.15, 0.2) is 65.5 Å². The van der Waals surface area contributed by atoms with Gasteiger partial charge in [0.15, 0.2) is 0 Å². The molecule has 4 nitrogen and oxygen atoms in total. The smallest absolute Gasteiger partial charge is 0.274 e. The number of nitrogens with two attached hydrogens (primary N) is 1. The van der Waals surface area contributed by atoms with Gasteiger partial charge < -0.3 is 5.73 Å². The van der Waals surface area contributed by atoms with E-state index in [4.69, 9.17) is 5.73 Å². The van der Waals surface area contributed by atoms with Gasteiger partial charge in [0.2, 0.25) is 0 Å². The number of nitrogen functional groups attached to an aromatic ring is 1. The molecule has 0 spiro atoms. The van der Waals surface area contributed by atoms with Gasteiger partial charge in [-0.25, -0.2) is 4.68 Å². The molecule has 0 fully saturated rings. The Bertz CT molecular complexity index is 742. The maximum absolute atomic E-state index is 12.1. The van der Waals surface area contributed by atoms with E-state index in [1.165, 1.54) is 0 Å². The Balaban J connectivity index is 2.20. The number of benzene rings is 2. The van der Waals surface area contributed by atoms with E-state index in [0.29, 0.717) is 11.4 Å². The zero-order chi connectivity index (χ0) is 13.2.